The summed E-state index contributed by atoms with van der Waals surface area (Å²) in [6, 6.07) is 11.4. The smallest absolute Gasteiger partial charge is 0.170 e. The molecule has 4 heteroatoms. The fourth-order valence-corrected chi connectivity index (χ4v) is 1.89. The van der Waals surface area contributed by atoms with Crippen molar-refractivity contribution in [1.82, 2.24) is 4.98 Å². The normalized spacial score (nSPS) is 10.0. The number of H-pyrrole nitrogens is 1. The van der Waals surface area contributed by atoms with Crippen LogP contribution < -0.4 is 9.47 Å². The highest BCUT2D eigenvalue weighted by molar-refractivity contribution is 7.71. The first kappa shape index (κ1) is 11.7. The third-order valence-corrected chi connectivity index (χ3v) is 2.70. The molecule has 0 saturated carbocycles. The van der Waals surface area contributed by atoms with E-state index in [1.165, 1.54) is 0 Å². The maximum Gasteiger partial charge on any atom is 0.170 e. The molecule has 0 radical (unpaired) electrons. The topological polar surface area (TPSA) is 34.2 Å². The molecule has 0 aliphatic rings. The van der Waals surface area contributed by atoms with Gasteiger partial charge in [0.25, 0.3) is 0 Å². The molecule has 0 amide bonds. The Labute approximate surface area is 105 Å². The van der Waals surface area contributed by atoms with Crippen molar-refractivity contribution in [2.75, 3.05) is 14.2 Å². The molecule has 0 fully saturated rings. The summed E-state index contributed by atoms with van der Waals surface area (Å²) >= 11 is 5.11. The number of para-hydroxylation sites is 1. The van der Waals surface area contributed by atoms with Crippen LogP contribution in [0, 0.1) is 4.64 Å². The Kier molecular flexibility index (Phi) is 3.44. The van der Waals surface area contributed by atoms with E-state index in [1.54, 1.807) is 14.2 Å². The molecule has 0 bridgehead atoms. The summed E-state index contributed by atoms with van der Waals surface area (Å²) in [6.45, 7) is 0. The van der Waals surface area contributed by atoms with Crippen molar-refractivity contribution >= 4 is 12.2 Å². The maximum absolute atomic E-state index is 5.38. The molecule has 3 nitrogen and oxygen atoms in total. The van der Waals surface area contributed by atoms with Crippen LogP contribution in [0.25, 0.3) is 11.3 Å². The lowest BCUT2D eigenvalue weighted by Crippen LogP contribution is -1.94. The van der Waals surface area contributed by atoms with Crippen molar-refractivity contribution < 1.29 is 9.47 Å². The summed E-state index contributed by atoms with van der Waals surface area (Å²) in [6.07, 6.45) is 0. The van der Waals surface area contributed by atoms with Crippen LogP contribution in [0.3, 0.4) is 0 Å². The predicted molar refractivity (Wildman–Crippen MR) is 70.2 cm³/mol. The van der Waals surface area contributed by atoms with Gasteiger partial charge in [0.2, 0.25) is 0 Å². The highest BCUT2D eigenvalue weighted by Gasteiger charge is 2.11. The van der Waals surface area contributed by atoms with Crippen molar-refractivity contribution in [1.29, 1.82) is 0 Å². The molecular weight excluding hydrogens is 234 g/mol. The molecule has 88 valence electrons. The minimum atomic E-state index is 0.687. The first-order valence-corrected chi connectivity index (χ1v) is 5.58. The maximum atomic E-state index is 5.38. The Bertz CT molecular complexity index is 578. The van der Waals surface area contributed by atoms with Crippen LogP contribution in [0.15, 0.2) is 36.4 Å². The monoisotopic (exact) mass is 247 g/mol. The molecule has 0 saturated heterocycles. The summed E-state index contributed by atoms with van der Waals surface area (Å²) in [5.74, 6) is 1.40. The molecular formula is C13H13NO2S. The lowest BCUT2D eigenvalue weighted by atomic mass is 10.1. The Morgan fingerprint density at radius 2 is 1.76 bits per heavy atom. The van der Waals surface area contributed by atoms with Crippen LogP contribution in [0.5, 0.6) is 11.5 Å². The number of hydrogen-bond donors (Lipinski definition) is 1. The number of hydrogen-bond acceptors (Lipinski definition) is 3. The molecule has 1 N–H and O–H groups in total. The Morgan fingerprint density at radius 1 is 1.00 bits per heavy atom. The quantitative estimate of drug-likeness (QED) is 0.844. The molecule has 0 aliphatic carbocycles. The fraction of sp³-hybridized carbons (Fsp3) is 0.154. The van der Waals surface area contributed by atoms with Gasteiger partial charge in [-0.05, 0) is 24.3 Å². The van der Waals surface area contributed by atoms with Crippen LogP contribution in [-0.2, 0) is 0 Å². The van der Waals surface area contributed by atoms with E-state index in [2.05, 4.69) is 4.98 Å². The summed E-state index contributed by atoms with van der Waals surface area (Å²) in [4.78, 5) is 3.13. The molecule has 2 rings (SSSR count). The van der Waals surface area contributed by atoms with Crippen LogP contribution in [0.1, 0.15) is 0 Å². The SMILES string of the molecule is COc1cccc(-c2cccc(=S)[nH]2)c1OC. The zero-order valence-corrected chi connectivity index (χ0v) is 10.5. The fourth-order valence-electron chi connectivity index (χ4n) is 1.70. The second-order valence-electron chi connectivity index (χ2n) is 3.47. The van der Waals surface area contributed by atoms with Gasteiger partial charge in [-0.2, -0.15) is 0 Å². The first-order chi connectivity index (χ1) is 8.26. The molecule has 0 atom stereocenters. The number of aromatic amines is 1. The number of ether oxygens (including phenoxy) is 2. The van der Waals surface area contributed by atoms with Crippen LogP contribution >= 0.6 is 12.2 Å². The number of aromatic nitrogens is 1. The lowest BCUT2D eigenvalue weighted by molar-refractivity contribution is 0.356. The van der Waals surface area contributed by atoms with Crippen molar-refractivity contribution in [3.63, 3.8) is 0 Å². The van der Waals surface area contributed by atoms with Gasteiger partial charge in [-0.25, -0.2) is 0 Å². The minimum absolute atomic E-state index is 0.687. The van der Waals surface area contributed by atoms with Gasteiger partial charge in [-0.3, -0.25) is 0 Å². The summed E-state index contributed by atoms with van der Waals surface area (Å²) in [5.41, 5.74) is 1.84. The summed E-state index contributed by atoms with van der Waals surface area (Å²) in [5, 5.41) is 0. The van der Waals surface area contributed by atoms with Gasteiger partial charge in [-0.15, -0.1) is 0 Å². The molecule has 0 aliphatic heterocycles. The molecule has 0 spiro atoms. The number of pyridine rings is 1. The van der Waals surface area contributed by atoms with Gasteiger partial charge in [0.05, 0.1) is 19.9 Å². The highest BCUT2D eigenvalue weighted by atomic mass is 32.1. The molecule has 17 heavy (non-hydrogen) atoms. The summed E-state index contributed by atoms with van der Waals surface area (Å²) < 4.78 is 11.3. The zero-order valence-electron chi connectivity index (χ0n) is 9.69. The van der Waals surface area contributed by atoms with E-state index in [4.69, 9.17) is 21.7 Å². The lowest BCUT2D eigenvalue weighted by Gasteiger charge is -2.12. The predicted octanol–water partition coefficient (Wildman–Crippen LogP) is 3.43. The van der Waals surface area contributed by atoms with E-state index in [0.29, 0.717) is 16.1 Å². The van der Waals surface area contributed by atoms with E-state index in [1.807, 2.05) is 36.4 Å². The Morgan fingerprint density at radius 3 is 2.41 bits per heavy atom. The van der Waals surface area contributed by atoms with Crippen molar-refractivity contribution in [2.45, 2.75) is 0 Å². The summed E-state index contributed by atoms with van der Waals surface area (Å²) in [7, 11) is 3.24. The average molecular weight is 247 g/mol. The Hall–Kier alpha value is -1.81. The van der Waals surface area contributed by atoms with Crippen molar-refractivity contribution in [3.8, 4) is 22.8 Å². The number of methoxy groups -OCH3 is 2. The van der Waals surface area contributed by atoms with E-state index in [0.717, 1.165) is 11.3 Å². The number of nitrogens with one attached hydrogen (secondary N) is 1. The van der Waals surface area contributed by atoms with E-state index in [-0.39, 0.29) is 0 Å². The van der Waals surface area contributed by atoms with Crippen molar-refractivity contribution in [2.24, 2.45) is 0 Å². The van der Waals surface area contributed by atoms with E-state index in [9.17, 15) is 0 Å². The molecule has 1 heterocycles. The average Bonchev–Trinajstić information content (AvgIpc) is 2.37. The highest BCUT2D eigenvalue weighted by Crippen LogP contribution is 2.36. The zero-order chi connectivity index (χ0) is 12.3. The molecule has 2 aromatic rings. The van der Waals surface area contributed by atoms with Crippen LogP contribution in [0.2, 0.25) is 0 Å². The van der Waals surface area contributed by atoms with Gasteiger partial charge in [-0.1, -0.05) is 24.4 Å². The standard InChI is InChI=1S/C13H13NO2S/c1-15-11-7-3-5-9(13(11)16-2)10-6-4-8-12(17)14-10/h3-8H,1-2H3,(H,14,17). The number of benzene rings is 1. The van der Waals surface area contributed by atoms with Crippen molar-refractivity contribution in [3.05, 3.63) is 41.0 Å². The van der Waals surface area contributed by atoms with Crippen LogP contribution in [-0.4, -0.2) is 19.2 Å². The van der Waals surface area contributed by atoms with E-state index < -0.39 is 0 Å². The van der Waals surface area contributed by atoms with Gasteiger partial charge in [0.15, 0.2) is 11.5 Å². The second-order valence-corrected chi connectivity index (χ2v) is 3.91. The third kappa shape index (κ3) is 2.31. The molecule has 1 aromatic carbocycles. The molecule has 1 aromatic heterocycles. The van der Waals surface area contributed by atoms with Gasteiger partial charge in [0, 0.05) is 5.56 Å². The second kappa shape index (κ2) is 5.01. The van der Waals surface area contributed by atoms with E-state index >= 15 is 0 Å². The minimum Gasteiger partial charge on any atom is -0.493 e. The Balaban J connectivity index is 2.63. The number of rotatable bonds is 3. The first-order valence-electron chi connectivity index (χ1n) is 5.17. The van der Waals surface area contributed by atoms with Gasteiger partial charge in [0.1, 0.15) is 4.64 Å². The van der Waals surface area contributed by atoms with Crippen LogP contribution in [0.4, 0.5) is 0 Å². The largest absolute Gasteiger partial charge is 0.493 e. The van der Waals surface area contributed by atoms with Gasteiger partial charge >= 0.3 is 0 Å². The third-order valence-electron chi connectivity index (χ3n) is 2.46. The van der Waals surface area contributed by atoms with Gasteiger partial charge < -0.3 is 14.5 Å². The molecule has 0 unspecified atom stereocenters.